The molecule has 0 saturated heterocycles. The van der Waals surface area contributed by atoms with E-state index in [-0.39, 0.29) is 0 Å². The molecule has 0 aromatic carbocycles. The number of aromatic amines is 1. The molecule has 0 aliphatic rings. The first-order valence-electron chi connectivity index (χ1n) is 4.37. The predicted molar refractivity (Wildman–Crippen MR) is 57.2 cm³/mol. The van der Waals surface area contributed by atoms with Gasteiger partial charge in [0, 0.05) is 25.1 Å². The Labute approximate surface area is 87.2 Å². The van der Waals surface area contributed by atoms with Crippen LogP contribution in [0.3, 0.4) is 0 Å². The molecule has 2 aromatic heterocycles. The Balaban J connectivity index is 2.71. The second-order valence-electron chi connectivity index (χ2n) is 3.34. The van der Waals surface area contributed by atoms with Crippen LogP contribution in [0.1, 0.15) is 11.4 Å². The summed E-state index contributed by atoms with van der Waals surface area (Å²) in [5, 5.41) is 4.28. The van der Waals surface area contributed by atoms with E-state index in [0.29, 0.717) is 4.77 Å². The molecule has 0 fully saturated rings. The van der Waals surface area contributed by atoms with Gasteiger partial charge in [0.15, 0.2) is 4.77 Å². The minimum absolute atomic E-state index is 0.707. The molecule has 5 heteroatoms. The van der Waals surface area contributed by atoms with E-state index in [4.69, 9.17) is 12.2 Å². The van der Waals surface area contributed by atoms with Gasteiger partial charge in [0.25, 0.3) is 0 Å². The van der Waals surface area contributed by atoms with Crippen LogP contribution in [0.4, 0.5) is 0 Å². The van der Waals surface area contributed by atoms with Gasteiger partial charge in [-0.25, -0.2) is 0 Å². The third-order valence-electron chi connectivity index (χ3n) is 2.19. The van der Waals surface area contributed by atoms with Crippen molar-refractivity contribution >= 4 is 12.2 Å². The molecule has 2 heterocycles. The smallest absolute Gasteiger partial charge is 0.182 e. The van der Waals surface area contributed by atoms with E-state index in [1.54, 1.807) is 4.68 Å². The third-order valence-corrected chi connectivity index (χ3v) is 2.49. The van der Waals surface area contributed by atoms with Crippen LogP contribution in [0.2, 0.25) is 0 Å². The Bertz CT molecular complexity index is 517. The lowest BCUT2D eigenvalue weighted by molar-refractivity contribution is 0.756. The van der Waals surface area contributed by atoms with Gasteiger partial charge in [0.2, 0.25) is 0 Å². The highest BCUT2D eigenvalue weighted by Gasteiger charge is 2.08. The van der Waals surface area contributed by atoms with Crippen LogP contribution in [0.15, 0.2) is 12.4 Å². The standard InChI is InChI=1S/C9H12N4S/c1-6-4-10-9(14)13(6)8-5-12(3)11-7(8)2/h4-5H,1-3H3,(H,10,14). The van der Waals surface area contributed by atoms with E-state index in [9.17, 15) is 0 Å². The second-order valence-corrected chi connectivity index (χ2v) is 3.73. The van der Waals surface area contributed by atoms with E-state index in [2.05, 4.69) is 10.1 Å². The molecule has 4 nitrogen and oxygen atoms in total. The van der Waals surface area contributed by atoms with Crippen molar-refractivity contribution in [1.82, 2.24) is 19.3 Å². The zero-order chi connectivity index (χ0) is 10.3. The molecular weight excluding hydrogens is 196 g/mol. The molecule has 2 aromatic rings. The summed E-state index contributed by atoms with van der Waals surface area (Å²) >= 11 is 5.19. The fraction of sp³-hybridized carbons (Fsp3) is 0.333. The molecule has 0 radical (unpaired) electrons. The van der Waals surface area contributed by atoms with Gasteiger partial charge in [0.05, 0.1) is 11.4 Å². The Morgan fingerprint density at radius 3 is 2.57 bits per heavy atom. The molecule has 0 aliphatic carbocycles. The van der Waals surface area contributed by atoms with E-state index in [1.165, 1.54) is 0 Å². The van der Waals surface area contributed by atoms with E-state index in [1.807, 2.05) is 37.9 Å². The molecule has 0 spiro atoms. The Morgan fingerprint density at radius 2 is 2.14 bits per heavy atom. The number of aromatic nitrogens is 4. The average molecular weight is 208 g/mol. The summed E-state index contributed by atoms with van der Waals surface area (Å²) in [7, 11) is 1.90. The van der Waals surface area contributed by atoms with Gasteiger partial charge in [-0.3, -0.25) is 9.25 Å². The van der Waals surface area contributed by atoms with E-state index >= 15 is 0 Å². The molecule has 0 amide bonds. The van der Waals surface area contributed by atoms with Crippen molar-refractivity contribution in [1.29, 1.82) is 0 Å². The summed E-state index contributed by atoms with van der Waals surface area (Å²) < 4.78 is 4.48. The highest BCUT2D eigenvalue weighted by Crippen LogP contribution is 2.14. The first kappa shape index (κ1) is 9.21. The maximum Gasteiger partial charge on any atom is 0.182 e. The van der Waals surface area contributed by atoms with Crippen LogP contribution in [0.25, 0.3) is 5.69 Å². The average Bonchev–Trinajstić information content (AvgIpc) is 2.57. The molecule has 2 rings (SSSR count). The Hall–Kier alpha value is -1.36. The molecule has 0 atom stereocenters. The lowest BCUT2D eigenvalue weighted by atomic mass is 10.4. The summed E-state index contributed by atoms with van der Waals surface area (Å²) in [5.74, 6) is 0. The maximum atomic E-state index is 5.19. The summed E-state index contributed by atoms with van der Waals surface area (Å²) in [6.45, 7) is 3.99. The van der Waals surface area contributed by atoms with Crippen LogP contribution in [0, 0.1) is 18.6 Å². The van der Waals surface area contributed by atoms with Crippen molar-refractivity contribution < 1.29 is 0 Å². The minimum atomic E-state index is 0.707. The topological polar surface area (TPSA) is 38.5 Å². The number of hydrogen-bond donors (Lipinski definition) is 1. The molecule has 0 saturated carbocycles. The lowest BCUT2D eigenvalue weighted by Gasteiger charge is -2.01. The molecular formula is C9H12N4S. The highest BCUT2D eigenvalue weighted by atomic mass is 32.1. The van der Waals surface area contributed by atoms with Gasteiger partial charge in [0.1, 0.15) is 0 Å². The molecule has 74 valence electrons. The van der Waals surface area contributed by atoms with Gasteiger partial charge < -0.3 is 4.98 Å². The second kappa shape index (κ2) is 3.09. The monoisotopic (exact) mass is 208 g/mol. The van der Waals surface area contributed by atoms with Gasteiger partial charge in [-0.2, -0.15) is 5.10 Å². The first-order valence-corrected chi connectivity index (χ1v) is 4.78. The molecule has 0 unspecified atom stereocenters. The van der Waals surface area contributed by atoms with Crippen molar-refractivity contribution in [3.05, 3.63) is 28.6 Å². The number of hydrogen-bond acceptors (Lipinski definition) is 2. The van der Waals surface area contributed by atoms with Gasteiger partial charge in [-0.15, -0.1) is 0 Å². The minimum Gasteiger partial charge on any atom is -0.337 e. The van der Waals surface area contributed by atoms with Crippen molar-refractivity contribution in [3.8, 4) is 5.69 Å². The van der Waals surface area contributed by atoms with Crippen molar-refractivity contribution in [2.75, 3.05) is 0 Å². The van der Waals surface area contributed by atoms with E-state index < -0.39 is 0 Å². The van der Waals surface area contributed by atoms with Gasteiger partial charge >= 0.3 is 0 Å². The fourth-order valence-corrected chi connectivity index (χ4v) is 1.86. The number of nitrogens with zero attached hydrogens (tertiary/aromatic N) is 3. The lowest BCUT2D eigenvalue weighted by Crippen LogP contribution is -1.96. The molecule has 1 N–H and O–H groups in total. The van der Waals surface area contributed by atoms with Crippen molar-refractivity contribution in [2.24, 2.45) is 7.05 Å². The molecule has 0 bridgehead atoms. The molecule has 14 heavy (non-hydrogen) atoms. The number of nitrogens with one attached hydrogen (secondary N) is 1. The zero-order valence-electron chi connectivity index (χ0n) is 8.40. The zero-order valence-corrected chi connectivity index (χ0v) is 9.22. The fourth-order valence-electron chi connectivity index (χ4n) is 1.56. The predicted octanol–water partition coefficient (Wildman–Crippen LogP) is 1.89. The summed E-state index contributed by atoms with van der Waals surface area (Å²) in [4.78, 5) is 3.01. The SMILES string of the molecule is Cc1nn(C)cc1-n1c(C)c[nH]c1=S. The number of aryl methyl sites for hydroxylation is 3. The molecule has 0 aliphatic heterocycles. The van der Waals surface area contributed by atoms with E-state index in [0.717, 1.165) is 17.1 Å². The van der Waals surface area contributed by atoms with Crippen LogP contribution in [-0.2, 0) is 7.05 Å². The first-order chi connectivity index (χ1) is 6.59. The quantitative estimate of drug-likeness (QED) is 0.727. The number of H-pyrrole nitrogens is 1. The van der Waals surface area contributed by atoms with Crippen LogP contribution in [-0.4, -0.2) is 19.3 Å². The Kier molecular flexibility index (Phi) is 2.03. The third kappa shape index (κ3) is 1.29. The van der Waals surface area contributed by atoms with Crippen LogP contribution < -0.4 is 0 Å². The van der Waals surface area contributed by atoms with Crippen LogP contribution in [0.5, 0.6) is 0 Å². The van der Waals surface area contributed by atoms with Crippen molar-refractivity contribution in [2.45, 2.75) is 13.8 Å². The number of rotatable bonds is 1. The largest absolute Gasteiger partial charge is 0.337 e. The Morgan fingerprint density at radius 1 is 1.43 bits per heavy atom. The summed E-state index contributed by atoms with van der Waals surface area (Å²) in [6, 6.07) is 0. The van der Waals surface area contributed by atoms with Gasteiger partial charge in [-0.05, 0) is 26.1 Å². The highest BCUT2D eigenvalue weighted by molar-refractivity contribution is 7.71. The van der Waals surface area contributed by atoms with Crippen LogP contribution >= 0.6 is 12.2 Å². The summed E-state index contributed by atoms with van der Waals surface area (Å²) in [5.41, 5.74) is 3.11. The summed E-state index contributed by atoms with van der Waals surface area (Å²) in [6.07, 6.45) is 3.86. The maximum absolute atomic E-state index is 5.19. The van der Waals surface area contributed by atoms with Gasteiger partial charge in [-0.1, -0.05) is 0 Å². The number of imidazole rings is 1. The van der Waals surface area contributed by atoms with Crippen molar-refractivity contribution in [3.63, 3.8) is 0 Å². The normalized spacial score (nSPS) is 10.8.